The number of nitrogens with one attached hydrogen (secondary N) is 1. The minimum Gasteiger partial charge on any atom is -0.361 e. The molecule has 1 heterocycles. The van der Waals surface area contributed by atoms with Crippen molar-refractivity contribution in [1.82, 2.24) is 4.98 Å². The van der Waals surface area contributed by atoms with Crippen LogP contribution in [-0.2, 0) is 6.42 Å². The van der Waals surface area contributed by atoms with E-state index in [1.54, 1.807) is 11.1 Å². The highest BCUT2D eigenvalue weighted by Gasteiger charge is 2.19. The Bertz CT molecular complexity index is 508. The van der Waals surface area contributed by atoms with Crippen molar-refractivity contribution in [3.8, 4) is 0 Å². The molecule has 21 heavy (non-hydrogen) atoms. The Labute approximate surface area is 129 Å². The number of aromatic amines is 1. The summed E-state index contributed by atoms with van der Waals surface area (Å²) in [5.74, 6) is 0.582. The maximum absolute atomic E-state index is 5.63. The van der Waals surface area contributed by atoms with Crippen LogP contribution >= 0.6 is 0 Å². The van der Waals surface area contributed by atoms with Crippen LogP contribution in [-0.4, -0.2) is 11.5 Å². The maximum Gasteiger partial charge on any atom is 0.0415 e. The SMILES string of the molecule is C=C(CN)CCC(C)c1c[nH]c2c1CCC(CCCC)=C2. The van der Waals surface area contributed by atoms with Gasteiger partial charge in [-0.1, -0.05) is 38.0 Å². The van der Waals surface area contributed by atoms with Gasteiger partial charge in [-0.3, -0.25) is 0 Å². The molecule has 0 aromatic carbocycles. The summed E-state index contributed by atoms with van der Waals surface area (Å²) in [6.07, 6.45) is 13.1. The molecular formula is C19H30N2. The van der Waals surface area contributed by atoms with Gasteiger partial charge in [-0.15, -0.1) is 0 Å². The lowest BCUT2D eigenvalue weighted by molar-refractivity contribution is 0.663. The van der Waals surface area contributed by atoms with Gasteiger partial charge in [-0.2, -0.15) is 0 Å². The first-order valence-electron chi connectivity index (χ1n) is 8.42. The molecule has 2 heteroatoms. The molecule has 1 atom stereocenters. The smallest absolute Gasteiger partial charge is 0.0415 e. The summed E-state index contributed by atoms with van der Waals surface area (Å²) < 4.78 is 0. The summed E-state index contributed by atoms with van der Waals surface area (Å²) in [5.41, 5.74) is 12.8. The number of hydrogen-bond acceptors (Lipinski definition) is 1. The fourth-order valence-electron chi connectivity index (χ4n) is 3.17. The Morgan fingerprint density at radius 1 is 1.43 bits per heavy atom. The van der Waals surface area contributed by atoms with Gasteiger partial charge in [0, 0.05) is 18.4 Å². The molecule has 1 aromatic heterocycles. The van der Waals surface area contributed by atoms with E-state index in [1.807, 2.05) is 0 Å². The van der Waals surface area contributed by atoms with Crippen LogP contribution in [0.3, 0.4) is 0 Å². The highest BCUT2D eigenvalue weighted by molar-refractivity contribution is 5.59. The molecule has 0 bridgehead atoms. The van der Waals surface area contributed by atoms with E-state index in [9.17, 15) is 0 Å². The van der Waals surface area contributed by atoms with Crippen molar-refractivity contribution in [2.45, 2.75) is 64.7 Å². The Hall–Kier alpha value is -1.28. The van der Waals surface area contributed by atoms with E-state index < -0.39 is 0 Å². The van der Waals surface area contributed by atoms with Crippen LogP contribution in [0.2, 0.25) is 0 Å². The van der Waals surface area contributed by atoms with Crippen LogP contribution in [0.25, 0.3) is 6.08 Å². The van der Waals surface area contributed by atoms with Crippen molar-refractivity contribution in [2.75, 3.05) is 6.54 Å². The second-order valence-electron chi connectivity index (χ2n) is 6.44. The molecule has 2 nitrogen and oxygen atoms in total. The minimum absolute atomic E-state index is 0.582. The second-order valence-corrected chi connectivity index (χ2v) is 6.44. The first-order valence-corrected chi connectivity index (χ1v) is 8.42. The van der Waals surface area contributed by atoms with Crippen molar-refractivity contribution in [3.05, 3.63) is 40.7 Å². The molecule has 3 N–H and O–H groups in total. The Kier molecular flexibility index (Phi) is 5.86. The molecule has 0 saturated heterocycles. The fraction of sp³-hybridized carbons (Fsp3) is 0.579. The quantitative estimate of drug-likeness (QED) is 0.653. The third-order valence-electron chi connectivity index (χ3n) is 4.70. The van der Waals surface area contributed by atoms with Crippen molar-refractivity contribution in [1.29, 1.82) is 0 Å². The lowest BCUT2D eigenvalue weighted by atomic mass is 9.87. The van der Waals surface area contributed by atoms with Crippen LogP contribution < -0.4 is 5.73 Å². The summed E-state index contributed by atoms with van der Waals surface area (Å²) in [4.78, 5) is 3.49. The van der Waals surface area contributed by atoms with Crippen molar-refractivity contribution >= 4 is 6.08 Å². The predicted octanol–water partition coefficient (Wildman–Crippen LogP) is 4.93. The van der Waals surface area contributed by atoms with E-state index in [4.69, 9.17) is 5.73 Å². The summed E-state index contributed by atoms with van der Waals surface area (Å²) in [6.45, 7) is 9.21. The van der Waals surface area contributed by atoms with Gasteiger partial charge in [-0.05, 0) is 61.6 Å². The Morgan fingerprint density at radius 2 is 2.24 bits per heavy atom. The van der Waals surface area contributed by atoms with Gasteiger partial charge < -0.3 is 10.7 Å². The van der Waals surface area contributed by atoms with Gasteiger partial charge in [0.1, 0.15) is 0 Å². The lowest BCUT2D eigenvalue weighted by Crippen LogP contribution is -2.05. The normalized spacial score (nSPS) is 15.5. The van der Waals surface area contributed by atoms with Gasteiger partial charge in [0.2, 0.25) is 0 Å². The molecule has 116 valence electrons. The van der Waals surface area contributed by atoms with Gasteiger partial charge in [0.05, 0.1) is 0 Å². The summed E-state index contributed by atoms with van der Waals surface area (Å²) in [6, 6.07) is 0. The number of allylic oxidation sites excluding steroid dienone is 1. The summed E-state index contributed by atoms with van der Waals surface area (Å²) in [7, 11) is 0. The van der Waals surface area contributed by atoms with Gasteiger partial charge >= 0.3 is 0 Å². The lowest BCUT2D eigenvalue weighted by Gasteiger charge is -2.18. The van der Waals surface area contributed by atoms with E-state index in [0.717, 1.165) is 18.4 Å². The highest BCUT2D eigenvalue weighted by Crippen LogP contribution is 2.33. The molecule has 1 unspecified atom stereocenters. The maximum atomic E-state index is 5.63. The van der Waals surface area contributed by atoms with E-state index >= 15 is 0 Å². The summed E-state index contributed by atoms with van der Waals surface area (Å²) >= 11 is 0. The van der Waals surface area contributed by atoms with Crippen LogP contribution in [0.1, 0.15) is 75.1 Å². The van der Waals surface area contributed by atoms with Crippen LogP contribution in [0, 0.1) is 0 Å². The topological polar surface area (TPSA) is 41.8 Å². The molecule has 0 saturated carbocycles. The molecule has 0 radical (unpaired) electrons. The largest absolute Gasteiger partial charge is 0.361 e. The van der Waals surface area contributed by atoms with Crippen LogP contribution in [0.15, 0.2) is 23.9 Å². The zero-order chi connectivity index (χ0) is 15.2. The number of nitrogens with two attached hydrogens (primary N) is 1. The van der Waals surface area contributed by atoms with Gasteiger partial charge in [-0.25, -0.2) is 0 Å². The number of aromatic nitrogens is 1. The molecule has 1 aliphatic carbocycles. The van der Waals surface area contributed by atoms with E-state index in [0.29, 0.717) is 12.5 Å². The van der Waals surface area contributed by atoms with E-state index in [2.05, 4.69) is 37.7 Å². The monoisotopic (exact) mass is 286 g/mol. The first-order chi connectivity index (χ1) is 10.2. The van der Waals surface area contributed by atoms with E-state index in [-0.39, 0.29) is 0 Å². The Balaban J connectivity index is 2.03. The van der Waals surface area contributed by atoms with Gasteiger partial charge in [0.15, 0.2) is 0 Å². The molecule has 2 rings (SSSR count). The van der Waals surface area contributed by atoms with Crippen molar-refractivity contribution in [3.63, 3.8) is 0 Å². The Morgan fingerprint density at radius 3 is 2.95 bits per heavy atom. The third-order valence-corrected chi connectivity index (χ3v) is 4.70. The molecule has 0 aliphatic heterocycles. The number of unbranched alkanes of at least 4 members (excludes halogenated alkanes) is 1. The molecule has 1 aromatic rings. The van der Waals surface area contributed by atoms with Crippen molar-refractivity contribution < 1.29 is 0 Å². The summed E-state index contributed by atoms with van der Waals surface area (Å²) in [5, 5.41) is 0. The van der Waals surface area contributed by atoms with E-state index in [1.165, 1.54) is 43.4 Å². The molecule has 1 aliphatic rings. The molecule has 0 fully saturated rings. The van der Waals surface area contributed by atoms with Gasteiger partial charge in [0.25, 0.3) is 0 Å². The highest BCUT2D eigenvalue weighted by atomic mass is 14.7. The number of hydrogen-bond donors (Lipinski definition) is 2. The number of fused-ring (bicyclic) bond motifs is 1. The minimum atomic E-state index is 0.582. The fourth-order valence-corrected chi connectivity index (χ4v) is 3.17. The average molecular weight is 286 g/mol. The third kappa shape index (κ3) is 4.10. The zero-order valence-electron chi connectivity index (χ0n) is 13.7. The molecular weight excluding hydrogens is 256 g/mol. The number of rotatable bonds is 8. The van der Waals surface area contributed by atoms with Crippen LogP contribution in [0.4, 0.5) is 0 Å². The average Bonchev–Trinajstić information content (AvgIpc) is 2.93. The first kappa shape index (κ1) is 16.1. The zero-order valence-corrected chi connectivity index (χ0v) is 13.7. The second kappa shape index (κ2) is 7.65. The predicted molar refractivity (Wildman–Crippen MR) is 92.5 cm³/mol. The van der Waals surface area contributed by atoms with Crippen molar-refractivity contribution in [2.24, 2.45) is 5.73 Å². The molecule has 0 spiro atoms. The standard InChI is InChI=1S/C19H30N2/c1-4-5-6-16-9-10-17-18(13-21-19(17)11-16)15(3)8-7-14(2)12-20/h11,13,15,21H,2,4-10,12,20H2,1,3H3. The number of H-pyrrole nitrogens is 1. The van der Waals surface area contributed by atoms with Crippen LogP contribution in [0.5, 0.6) is 0 Å². The molecule has 0 amide bonds.